The molecule has 2 aromatic rings. The molecule has 4 nitrogen and oxygen atoms in total. The van der Waals surface area contributed by atoms with Gasteiger partial charge in [-0.15, -0.1) is 11.8 Å². The first-order chi connectivity index (χ1) is 11.7. The third-order valence-electron chi connectivity index (χ3n) is 3.96. The lowest BCUT2D eigenvalue weighted by molar-refractivity contribution is -0.118. The summed E-state index contributed by atoms with van der Waals surface area (Å²) in [6.07, 6.45) is 0.192. The molecular formula is C19H16N2O2S. The number of rotatable bonds is 3. The van der Waals surface area contributed by atoms with Crippen LogP contribution in [0.2, 0.25) is 0 Å². The highest BCUT2D eigenvalue weighted by Gasteiger charge is 2.34. The van der Waals surface area contributed by atoms with Crippen molar-refractivity contribution in [3.63, 3.8) is 0 Å². The highest BCUT2D eigenvalue weighted by Crippen LogP contribution is 2.37. The molecule has 24 heavy (non-hydrogen) atoms. The lowest BCUT2D eigenvalue weighted by Crippen LogP contribution is -2.27. The maximum absolute atomic E-state index is 12.0. The van der Waals surface area contributed by atoms with Gasteiger partial charge in [0, 0.05) is 18.1 Å². The molecule has 2 atom stereocenters. The smallest absolute Gasteiger partial charge is 0.247 e. The van der Waals surface area contributed by atoms with Crippen LogP contribution in [0.3, 0.4) is 0 Å². The van der Waals surface area contributed by atoms with E-state index >= 15 is 0 Å². The van der Waals surface area contributed by atoms with Crippen molar-refractivity contribution in [2.45, 2.75) is 18.1 Å². The second-order valence-corrected chi connectivity index (χ2v) is 6.63. The maximum atomic E-state index is 12.0. The average molecular weight is 336 g/mol. The van der Waals surface area contributed by atoms with Crippen molar-refractivity contribution >= 4 is 22.7 Å². The molecule has 1 aliphatic rings. The van der Waals surface area contributed by atoms with Gasteiger partial charge in [0.05, 0.1) is 11.1 Å². The zero-order chi connectivity index (χ0) is 16.9. The molecular weight excluding hydrogens is 320 g/mol. The average Bonchev–Trinajstić information content (AvgIpc) is 2.60. The number of carbonyl (C=O) groups is 1. The van der Waals surface area contributed by atoms with Crippen molar-refractivity contribution in [2.75, 3.05) is 0 Å². The summed E-state index contributed by atoms with van der Waals surface area (Å²) in [5, 5.41) is 19.9. The van der Waals surface area contributed by atoms with Gasteiger partial charge in [-0.2, -0.15) is 5.26 Å². The van der Waals surface area contributed by atoms with Gasteiger partial charge < -0.3 is 5.11 Å². The van der Waals surface area contributed by atoms with Crippen molar-refractivity contribution in [2.24, 2.45) is 10.9 Å². The van der Waals surface area contributed by atoms with Gasteiger partial charge in [-0.05, 0) is 23.3 Å². The summed E-state index contributed by atoms with van der Waals surface area (Å²) in [6, 6.07) is 18.9. The number of nitrogens with zero attached hydrogens (tertiary/aromatic N) is 2. The lowest BCUT2D eigenvalue weighted by atomic mass is 9.83. The number of phenols is 1. The Morgan fingerprint density at radius 2 is 2.00 bits per heavy atom. The first kappa shape index (κ1) is 16.3. The van der Waals surface area contributed by atoms with E-state index in [-0.39, 0.29) is 24.0 Å². The predicted molar refractivity (Wildman–Crippen MR) is 94.7 cm³/mol. The molecule has 2 unspecified atom stereocenters. The van der Waals surface area contributed by atoms with Crippen molar-refractivity contribution in [1.29, 1.82) is 5.26 Å². The number of thioether (sulfide) groups is 1. The predicted octanol–water partition coefficient (Wildman–Crippen LogP) is 3.88. The van der Waals surface area contributed by atoms with Crippen molar-refractivity contribution < 1.29 is 9.90 Å². The van der Waals surface area contributed by atoms with Gasteiger partial charge in [-0.25, -0.2) is 4.99 Å². The SMILES string of the molecule is N#CC1C(SCc2ccccc2)=NC(=O)CC1c1cccc(O)c1. The molecule has 1 aliphatic heterocycles. The minimum atomic E-state index is -0.474. The van der Waals surface area contributed by atoms with E-state index in [1.807, 2.05) is 36.4 Å². The number of phenolic OH excluding ortho intramolecular Hbond substituents is 1. The first-order valence-electron chi connectivity index (χ1n) is 7.64. The monoisotopic (exact) mass is 336 g/mol. The summed E-state index contributed by atoms with van der Waals surface area (Å²) in [6.45, 7) is 0. The quantitative estimate of drug-likeness (QED) is 0.923. The molecule has 5 heteroatoms. The topological polar surface area (TPSA) is 73.5 Å². The molecule has 0 fully saturated rings. The summed E-state index contributed by atoms with van der Waals surface area (Å²) >= 11 is 1.43. The number of aliphatic imine (C=N–C) groups is 1. The van der Waals surface area contributed by atoms with Gasteiger partial charge in [0.15, 0.2) is 0 Å². The number of hydrogen-bond donors (Lipinski definition) is 1. The van der Waals surface area contributed by atoms with Crippen LogP contribution >= 0.6 is 11.8 Å². The summed E-state index contributed by atoms with van der Waals surface area (Å²) in [4.78, 5) is 16.1. The van der Waals surface area contributed by atoms with E-state index in [2.05, 4.69) is 11.1 Å². The van der Waals surface area contributed by atoms with Crippen LogP contribution in [0.4, 0.5) is 0 Å². The third-order valence-corrected chi connectivity index (χ3v) is 5.08. The van der Waals surface area contributed by atoms with Gasteiger partial charge in [0.1, 0.15) is 11.7 Å². The molecule has 0 saturated heterocycles. The van der Waals surface area contributed by atoms with Gasteiger partial charge in [0.2, 0.25) is 5.91 Å². The molecule has 1 N–H and O–H groups in total. The van der Waals surface area contributed by atoms with Crippen LogP contribution in [0.25, 0.3) is 0 Å². The highest BCUT2D eigenvalue weighted by molar-refractivity contribution is 8.13. The van der Waals surface area contributed by atoms with Gasteiger partial charge in [-0.3, -0.25) is 4.79 Å². The fourth-order valence-electron chi connectivity index (χ4n) is 2.78. The molecule has 0 aliphatic carbocycles. The molecule has 0 bridgehead atoms. The van der Waals surface area contributed by atoms with Crippen LogP contribution in [0.1, 0.15) is 23.5 Å². The van der Waals surface area contributed by atoms with Crippen LogP contribution < -0.4 is 0 Å². The zero-order valence-corrected chi connectivity index (χ0v) is 13.7. The molecule has 0 saturated carbocycles. The number of hydrogen-bond acceptors (Lipinski definition) is 4. The normalized spacial score (nSPS) is 20.3. The molecule has 120 valence electrons. The molecule has 2 aromatic carbocycles. The van der Waals surface area contributed by atoms with E-state index < -0.39 is 5.92 Å². The minimum Gasteiger partial charge on any atom is -0.508 e. The van der Waals surface area contributed by atoms with Gasteiger partial charge >= 0.3 is 0 Å². The number of benzene rings is 2. The number of aromatic hydroxyl groups is 1. The van der Waals surface area contributed by atoms with Gasteiger partial charge in [0.25, 0.3) is 0 Å². The van der Waals surface area contributed by atoms with Crippen molar-refractivity contribution in [1.82, 2.24) is 0 Å². The van der Waals surface area contributed by atoms with Crippen molar-refractivity contribution in [3.8, 4) is 11.8 Å². The van der Waals surface area contributed by atoms with Crippen LogP contribution in [-0.2, 0) is 10.5 Å². The molecule has 3 rings (SSSR count). The van der Waals surface area contributed by atoms with Crippen LogP contribution in [0.15, 0.2) is 59.6 Å². The Labute approximate surface area is 144 Å². The fourth-order valence-corrected chi connectivity index (χ4v) is 3.85. The highest BCUT2D eigenvalue weighted by atomic mass is 32.2. The Morgan fingerprint density at radius 1 is 1.21 bits per heavy atom. The zero-order valence-electron chi connectivity index (χ0n) is 12.9. The Kier molecular flexibility index (Phi) is 4.97. The van der Waals surface area contributed by atoms with E-state index in [1.165, 1.54) is 11.8 Å². The second kappa shape index (κ2) is 7.33. The summed E-state index contributed by atoms with van der Waals surface area (Å²) < 4.78 is 0. The standard InChI is InChI=1S/C19H16N2O2S/c20-11-17-16(14-7-4-8-15(22)9-14)10-18(23)21-19(17)24-12-13-5-2-1-3-6-13/h1-9,16-17,22H,10,12H2. The van der Waals surface area contributed by atoms with E-state index in [4.69, 9.17) is 0 Å². The Bertz CT molecular complexity index is 812. The Balaban J connectivity index is 1.83. The molecule has 0 aromatic heterocycles. The van der Waals surface area contributed by atoms with Crippen molar-refractivity contribution in [3.05, 3.63) is 65.7 Å². The van der Waals surface area contributed by atoms with Crippen LogP contribution in [0, 0.1) is 17.2 Å². The first-order valence-corrected chi connectivity index (χ1v) is 8.62. The van der Waals surface area contributed by atoms with E-state index in [1.54, 1.807) is 18.2 Å². The van der Waals surface area contributed by atoms with E-state index in [0.717, 1.165) is 11.1 Å². The Hall–Kier alpha value is -2.58. The Morgan fingerprint density at radius 3 is 2.71 bits per heavy atom. The van der Waals surface area contributed by atoms with E-state index in [9.17, 15) is 15.2 Å². The molecule has 1 amide bonds. The van der Waals surface area contributed by atoms with Crippen LogP contribution in [-0.4, -0.2) is 16.1 Å². The second-order valence-electron chi connectivity index (χ2n) is 5.63. The molecule has 1 heterocycles. The number of carbonyl (C=O) groups excluding carboxylic acids is 1. The number of amides is 1. The minimum absolute atomic E-state index is 0.137. The van der Waals surface area contributed by atoms with Gasteiger partial charge in [-0.1, -0.05) is 42.5 Å². The summed E-state index contributed by atoms with van der Waals surface area (Å²) in [5.41, 5.74) is 1.91. The fraction of sp³-hybridized carbons (Fsp3) is 0.211. The molecule has 0 radical (unpaired) electrons. The number of nitriles is 1. The van der Waals surface area contributed by atoms with E-state index in [0.29, 0.717) is 10.8 Å². The third kappa shape index (κ3) is 3.66. The molecule has 0 spiro atoms. The summed E-state index contributed by atoms with van der Waals surface area (Å²) in [5.74, 6) is -0.163. The largest absolute Gasteiger partial charge is 0.508 e. The lowest BCUT2D eigenvalue weighted by Gasteiger charge is -2.26. The summed E-state index contributed by atoms with van der Waals surface area (Å²) in [7, 11) is 0. The maximum Gasteiger partial charge on any atom is 0.247 e. The van der Waals surface area contributed by atoms with Crippen LogP contribution in [0.5, 0.6) is 5.75 Å².